The second kappa shape index (κ2) is 10.0. The number of halogens is 1. The van der Waals surface area contributed by atoms with Crippen molar-refractivity contribution < 1.29 is 9.59 Å². The lowest BCUT2D eigenvalue weighted by molar-refractivity contribution is -0.119. The van der Waals surface area contributed by atoms with Gasteiger partial charge in [-0.25, -0.2) is 4.98 Å². The van der Waals surface area contributed by atoms with E-state index in [1.807, 2.05) is 43.3 Å². The lowest BCUT2D eigenvalue weighted by Crippen LogP contribution is -2.29. The molecule has 0 radical (unpaired) electrons. The molecule has 0 atom stereocenters. The highest BCUT2D eigenvalue weighted by atomic mass is 79.9. The van der Waals surface area contributed by atoms with Crippen molar-refractivity contribution in [1.29, 1.82) is 0 Å². The molecule has 0 spiro atoms. The summed E-state index contributed by atoms with van der Waals surface area (Å²) >= 11 is 6.57. The normalized spacial score (nSPS) is 10.8. The largest absolute Gasteiger partial charge is 0.355 e. The van der Waals surface area contributed by atoms with Crippen LogP contribution >= 0.6 is 39.0 Å². The van der Waals surface area contributed by atoms with E-state index in [0.717, 1.165) is 30.9 Å². The number of para-hydroxylation sites is 1. The highest BCUT2D eigenvalue weighted by molar-refractivity contribution is 9.10. The number of aromatic nitrogens is 1. The molecule has 1 heterocycles. The number of carbonyl (C=O) groups is 2. The van der Waals surface area contributed by atoms with E-state index >= 15 is 0 Å². The number of benzene rings is 2. The molecule has 0 saturated heterocycles. The summed E-state index contributed by atoms with van der Waals surface area (Å²) in [7, 11) is 0. The smallest absolute Gasteiger partial charge is 0.230 e. The van der Waals surface area contributed by atoms with Gasteiger partial charge >= 0.3 is 0 Å². The fourth-order valence-corrected chi connectivity index (χ4v) is 4.76. The van der Waals surface area contributed by atoms with Gasteiger partial charge in [0.2, 0.25) is 11.8 Å². The maximum absolute atomic E-state index is 12.1. The average Bonchev–Trinajstić information content (AvgIpc) is 3.07. The molecular formula is C20H20BrN3O2S2. The Kier molecular flexibility index (Phi) is 7.47. The van der Waals surface area contributed by atoms with E-state index in [1.54, 1.807) is 11.3 Å². The first kappa shape index (κ1) is 20.8. The van der Waals surface area contributed by atoms with E-state index in [4.69, 9.17) is 0 Å². The molecule has 2 N–H and O–H groups in total. The predicted molar refractivity (Wildman–Crippen MR) is 121 cm³/mol. The first-order chi connectivity index (χ1) is 13.5. The molecule has 0 aliphatic carbocycles. The second-order valence-electron chi connectivity index (χ2n) is 6.18. The number of carbonyl (C=O) groups excluding carboxylic acids is 2. The fourth-order valence-electron chi connectivity index (χ4n) is 2.52. The summed E-state index contributed by atoms with van der Waals surface area (Å²) in [6.45, 7) is 2.26. The molecule has 0 saturated carbocycles. The molecule has 3 aromatic rings. The van der Waals surface area contributed by atoms with Gasteiger partial charge in [0.25, 0.3) is 0 Å². The Balaban J connectivity index is 1.35. The van der Waals surface area contributed by atoms with Gasteiger partial charge in [0.1, 0.15) is 5.01 Å². The van der Waals surface area contributed by atoms with E-state index in [2.05, 4.69) is 37.6 Å². The molecule has 0 fully saturated rings. The third kappa shape index (κ3) is 6.05. The molecule has 146 valence electrons. The van der Waals surface area contributed by atoms with Gasteiger partial charge in [-0.3, -0.25) is 9.59 Å². The lowest BCUT2D eigenvalue weighted by atomic mass is 10.2. The summed E-state index contributed by atoms with van der Waals surface area (Å²) in [6, 6.07) is 13.7. The second-order valence-corrected chi connectivity index (χ2v) is 9.19. The third-order valence-electron chi connectivity index (χ3n) is 3.94. The van der Waals surface area contributed by atoms with Crippen LogP contribution in [-0.2, 0) is 15.3 Å². The van der Waals surface area contributed by atoms with E-state index in [-0.39, 0.29) is 18.2 Å². The van der Waals surface area contributed by atoms with Crippen molar-refractivity contribution in [2.24, 2.45) is 0 Å². The molecule has 1 aromatic heterocycles. The zero-order chi connectivity index (χ0) is 19.9. The highest BCUT2D eigenvalue weighted by Gasteiger charge is 2.08. The number of anilines is 1. The Bertz CT molecular complexity index is 957. The zero-order valence-corrected chi connectivity index (χ0v) is 18.5. The lowest BCUT2D eigenvalue weighted by Gasteiger charge is -2.09. The summed E-state index contributed by atoms with van der Waals surface area (Å²) in [5.74, 6) is 0.860. The SMILES string of the molecule is Cc1ccc(Br)cc1NC(=O)CCNC(=O)CSCc1nc2ccccc2s1. The number of aryl methyl sites for hydroxylation is 1. The quantitative estimate of drug-likeness (QED) is 0.491. The van der Waals surface area contributed by atoms with Crippen molar-refractivity contribution in [3.8, 4) is 0 Å². The molecule has 0 unspecified atom stereocenters. The minimum Gasteiger partial charge on any atom is -0.355 e. The Labute approximate surface area is 180 Å². The number of rotatable bonds is 8. The Hall–Kier alpha value is -1.90. The Morgan fingerprint density at radius 1 is 1.18 bits per heavy atom. The van der Waals surface area contributed by atoms with Crippen molar-refractivity contribution in [2.75, 3.05) is 17.6 Å². The van der Waals surface area contributed by atoms with Crippen LogP contribution in [-0.4, -0.2) is 29.1 Å². The van der Waals surface area contributed by atoms with Crippen LogP contribution in [0.4, 0.5) is 5.69 Å². The van der Waals surface area contributed by atoms with Gasteiger partial charge in [0.05, 0.1) is 16.0 Å². The summed E-state index contributed by atoms with van der Waals surface area (Å²) in [6.07, 6.45) is 0.236. The number of nitrogens with zero attached hydrogens (tertiary/aromatic N) is 1. The third-order valence-corrected chi connectivity index (χ3v) is 6.60. The van der Waals surface area contributed by atoms with Gasteiger partial charge in [-0.2, -0.15) is 0 Å². The molecular weight excluding hydrogens is 458 g/mol. The van der Waals surface area contributed by atoms with E-state index < -0.39 is 0 Å². The molecule has 0 aliphatic rings. The van der Waals surface area contributed by atoms with E-state index in [1.165, 1.54) is 11.8 Å². The van der Waals surface area contributed by atoms with Gasteiger partial charge < -0.3 is 10.6 Å². The number of thiazole rings is 1. The van der Waals surface area contributed by atoms with Gasteiger partial charge in [-0.05, 0) is 36.8 Å². The maximum Gasteiger partial charge on any atom is 0.230 e. The highest BCUT2D eigenvalue weighted by Crippen LogP contribution is 2.24. The summed E-state index contributed by atoms with van der Waals surface area (Å²) in [5, 5.41) is 6.68. The first-order valence-corrected chi connectivity index (χ1v) is 11.5. The topological polar surface area (TPSA) is 71.1 Å². The Morgan fingerprint density at radius 3 is 2.82 bits per heavy atom. The minimum absolute atomic E-state index is 0.0717. The van der Waals surface area contributed by atoms with E-state index in [9.17, 15) is 9.59 Å². The molecule has 3 rings (SSSR count). The van der Waals surface area contributed by atoms with Crippen LogP contribution in [0.1, 0.15) is 17.0 Å². The maximum atomic E-state index is 12.1. The first-order valence-electron chi connectivity index (χ1n) is 8.76. The molecule has 2 amide bonds. The van der Waals surface area contributed by atoms with Gasteiger partial charge in [-0.1, -0.05) is 34.1 Å². The van der Waals surface area contributed by atoms with Gasteiger partial charge in [0.15, 0.2) is 0 Å². The number of hydrogen-bond acceptors (Lipinski definition) is 5. The molecule has 0 bridgehead atoms. The fraction of sp³-hybridized carbons (Fsp3) is 0.250. The van der Waals surface area contributed by atoms with Crippen molar-refractivity contribution in [2.45, 2.75) is 19.1 Å². The van der Waals surface area contributed by atoms with Crippen LogP contribution in [0.25, 0.3) is 10.2 Å². The molecule has 5 nitrogen and oxygen atoms in total. The van der Waals surface area contributed by atoms with Crippen LogP contribution < -0.4 is 10.6 Å². The van der Waals surface area contributed by atoms with Crippen LogP contribution in [0.2, 0.25) is 0 Å². The van der Waals surface area contributed by atoms with Crippen LogP contribution in [0.15, 0.2) is 46.9 Å². The van der Waals surface area contributed by atoms with Gasteiger partial charge in [-0.15, -0.1) is 23.1 Å². The van der Waals surface area contributed by atoms with Crippen molar-refractivity contribution >= 4 is 66.7 Å². The molecule has 0 aliphatic heterocycles. The summed E-state index contributed by atoms with van der Waals surface area (Å²) in [4.78, 5) is 28.6. The van der Waals surface area contributed by atoms with Crippen LogP contribution in [0, 0.1) is 6.92 Å². The predicted octanol–water partition coefficient (Wildman–Crippen LogP) is 4.75. The number of fused-ring (bicyclic) bond motifs is 1. The monoisotopic (exact) mass is 477 g/mol. The number of nitrogens with one attached hydrogen (secondary N) is 2. The molecule has 2 aromatic carbocycles. The van der Waals surface area contributed by atoms with E-state index in [0.29, 0.717) is 18.1 Å². The van der Waals surface area contributed by atoms with Gasteiger partial charge in [0, 0.05) is 28.9 Å². The number of thioether (sulfide) groups is 1. The van der Waals surface area contributed by atoms with Crippen molar-refractivity contribution in [1.82, 2.24) is 10.3 Å². The Morgan fingerprint density at radius 2 is 2.00 bits per heavy atom. The molecule has 8 heteroatoms. The summed E-state index contributed by atoms with van der Waals surface area (Å²) < 4.78 is 2.07. The zero-order valence-electron chi connectivity index (χ0n) is 15.3. The minimum atomic E-state index is -0.122. The standard InChI is InChI=1S/C20H20BrN3O2S2/c1-13-6-7-14(21)10-16(13)23-18(25)8-9-22-19(26)11-27-12-20-24-15-4-2-3-5-17(15)28-20/h2-7,10H,8-9,11-12H2,1H3,(H,22,26)(H,23,25). The molecule has 28 heavy (non-hydrogen) atoms. The number of amides is 2. The van der Waals surface area contributed by atoms with Crippen LogP contribution in [0.3, 0.4) is 0 Å². The van der Waals surface area contributed by atoms with Crippen molar-refractivity contribution in [3.63, 3.8) is 0 Å². The number of hydrogen-bond donors (Lipinski definition) is 2. The summed E-state index contributed by atoms with van der Waals surface area (Å²) in [5.41, 5.74) is 2.77. The van der Waals surface area contributed by atoms with Crippen LogP contribution in [0.5, 0.6) is 0 Å². The average molecular weight is 478 g/mol. The van der Waals surface area contributed by atoms with Crippen molar-refractivity contribution in [3.05, 3.63) is 57.5 Å².